The second kappa shape index (κ2) is 11.8. The number of rotatable bonds is 4. The van der Waals surface area contributed by atoms with Crippen LogP contribution in [0.5, 0.6) is 0 Å². The molecule has 2 aromatic heterocycles. The van der Waals surface area contributed by atoms with Crippen LogP contribution >= 0.6 is 0 Å². The molecule has 0 atom stereocenters. The highest BCUT2D eigenvalue weighted by Crippen LogP contribution is 2.64. The van der Waals surface area contributed by atoms with Crippen molar-refractivity contribution in [3.63, 3.8) is 0 Å². The van der Waals surface area contributed by atoms with Gasteiger partial charge in [-0.3, -0.25) is 4.57 Å². The zero-order valence-electron chi connectivity index (χ0n) is 30.4. The van der Waals surface area contributed by atoms with Gasteiger partial charge in [0.05, 0.1) is 22.1 Å². The summed E-state index contributed by atoms with van der Waals surface area (Å²) >= 11 is 0. The number of fused-ring (bicyclic) bond motifs is 14. The van der Waals surface area contributed by atoms with E-state index in [1.165, 1.54) is 60.8 Å². The summed E-state index contributed by atoms with van der Waals surface area (Å²) in [4.78, 5) is 10.7. The average Bonchev–Trinajstić information content (AvgIpc) is 3.89. The van der Waals surface area contributed by atoms with E-state index in [1.807, 2.05) is 0 Å². The maximum atomic E-state index is 5.47. The molecule has 0 fully saturated rings. The molecular formula is C53H33N3. The fraction of sp³-hybridized carbons (Fsp3) is 0.0189. The molecule has 3 heteroatoms. The molecule has 2 aliphatic carbocycles. The highest BCUT2D eigenvalue weighted by Gasteiger charge is 2.52. The van der Waals surface area contributed by atoms with Crippen LogP contribution in [-0.4, -0.2) is 14.5 Å². The van der Waals surface area contributed by atoms with E-state index in [-0.39, 0.29) is 0 Å². The van der Waals surface area contributed by atoms with Crippen LogP contribution in [0.3, 0.4) is 0 Å². The maximum Gasteiger partial charge on any atom is 0.162 e. The van der Waals surface area contributed by atoms with Crippen molar-refractivity contribution in [3.05, 3.63) is 222 Å². The van der Waals surface area contributed by atoms with E-state index < -0.39 is 5.41 Å². The van der Waals surface area contributed by atoms with Crippen LogP contribution in [0.4, 0.5) is 0 Å². The lowest BCUT2D eigenvalue weighted by Gasteiger charge is -2.30. The van der Waals surface area contributed by atoms with E-state index in [9.17, 15) is 0 Å². The SMILES string of the molecule is c1ccc(-c2ccc(-c3nc(-c4ccccc4)cc(-n4c5ccccc5c5ccc6c(c54)-c4ccccc4C64c5ccccc5-c5ccccc54)n3)cc2)cc1. The summed E-state index contributed by atoms with van der Waals surface area (Å²) < 4.78 is 2.40. The van der Waals surface area contributed by atoms with Crippen LogP contribution in [0.25, 0.3) is 83.6 Å². The third kappa shape index (κ3) is 4.22. The van der Waals surface area contributed by atoms with Gasteiger partial charge in [-0.2, -0.15) is 0 Å². The lowest BCUT2D eigenvalue weighted by Crippen LogP contribution is -2.25. The summed E-state index contributed by atoms with van der Waals surface area (Å²) in [6, 6.07) is 72.4. The topological polar surface area (TPSA) is 30.7 Å². The Kier molecular flexibility index (Phi) is 6.55. The molecule has 10 aromatic rings. The Labute approximate surface area is 324 Å². The molecule has 56 heavy (non-hydrogen) atoms. The van der Waals surface area contributed by atoms with Gasteiger partial charge in [0, 0.05) is 33.5 Å². The lowest BCUT2D eigenvalue weighted by molar-refractivity contribution is 0.794. The van der Waals surface area contributed by atoms with Crippen LogP contribution in [0.1, 0.15) is 22.3 Å². The van der Waals surface area contributed by atoms with Crippen molar-refractivity contribution >= 4 is 21.8 Å². The van der Waals surface area contributed by atoms with Crippen molar-refractivity contribution in [1.82, 2.24) is 14.5 Å². The first-order valence-electron chi connectivity index (χ1n) is 19.3. The van der Waals surface area contributed by atoms with Crippen molar-refractivity contribution in [2.75, 3.05) is 0 Å². The molecule has 0 bridgehead atoms. The molecule has 0 radical (unpaired) electrons. The van der Waals surface area contributed by atoms with E-state index in [0.717, 1.165) is 39.2 Å². The third-order valence-corrected chi connectivity index (χ3v) is 12.1. The summed E-state index contributed by atoms with van der Waals surface area (Å²) in [6.07, 6.45) is 0. The molecule has 2 aliphatic rings. The third-order valence-electron chi connectivity index (χ3n) is 12.1. The van der Waals surface area contributed by atoms with Gasteiger partial charge < -0.3 is 0 Å². The van der Waals surface area contributed by atoms with Crippen molar-refractivity contribution in [1.29, 1.82) is 0 Å². The van der Waals surface area contributed by atoms with Gasteiger partial charge in [-0.1, -0.05) is 188 Å². The van der Waals surface area contributed by atoms with Gasteiger partial charge in [-0.25, -0.2) is 9.97 Å². The molecule has 8 aromatic carbocycles. The zero-order valence-corrected chi connectivity index (χ0v) is 30.4. The molecular weight excluding hydrogens is 679 g/mol. The number of para-hydroxylation sites is 1. The monoisotopic (exact) mass is 711 g/mol. The second-order valence-electron chi connectivity index (χ2n) is 14.9. The highest BCUT2D eigenvalue weighted by molar-refractivity contribution is 6.16. The average molecular weight is 712 g/mol. The molecule has 12 rings (SSSR count). The minimum absolute atomic E-state index is 0.443. The van der Waals surface area contributed by atoms with Crippen LogP contribution in [0, 0.1) is 0 Å². The van der Waals surface area contributed by atoms with Crippen LogP contribution in [0.15, 0.2) is 200 Å². The Balaban J connectivity index is 1.17. The first-order valence-corrected chi connectivity index (χ1v) is 19.3. The van der Waals surface area contributed by atoms with E-state index in [2.05, 4.69) is 205 Å². The Morgan fingerprint density at radius 2 is 0.911 bits per heavy atom. The van der Waals surface area contributed by atoms with E-state index in [1.54, 1.807) is 0 Å². The summed E-state index contributed by atoms with van der Waals surface area (Å²) in [5.41, 5.74) is 17.5. The Hall–Kier alpha value is -7.36. The van der Waals surface area contributed by atoms with Gasteiger partial charge in [0.15, 0.2) is 5.82 Å². The van der Waals surface area contributed by atoms with Crippen LogP contribution in [-0.2, 0) is 5.41 Å². The lowest BCUT2D eigenvalue weighted by atomic mass is 9.70. The smallest absolute Gasteiger partial charge is 0.162 e. The predicted octanol–water partition coefficient (Wildman–Crippen LogP) is 12.9. The van der Waals surface area contributed by atoms with Crippen molar-refractivity contribution < 1.29 is 0 Å². The summed E-state index contributed by atoms with van der Waals surface area (Å²) in [5.74, 6) is 1.53. The summed E-state index contributed by atoms with van der Waals surface area (Å²) in [5, 5.41) is 2.41. The second-order valence-corrected chi connectivity index (χ2v) is 14.9. The molecule has 0 aliphatic heterocycles. The van der Waals surface area contributed by atoms with Crippen LogP contribution < -0.4 is 0 Å². The van der Waals surface area contributed by atoms with Crippen molar-refractivity contribution in [2.24, 2.45) is 0 Å². The fourth-order valence-electron chi connectivity index (χ4n) is 9.75. The molecule has 0 saturated carbocycles. The number of benzene rings is 8. The molecule has 1 spiro atoms. The Bertz CT molecular complexity index is 3130. The standard InChI is InChI=1S/C53H33N3/c1-3-15-34(16-4-1)35-27-29-37(30-28-35)52-54-47(36-17-5-2-6-18-36)33-49(55-52)56-48-26-14-10-21-40(48)41-31-32-46-50(51(41)56)42-22-9-13-25-45(42)53(46)43-23-11-7-19-38(43)39-20-8-12-24-44(39)53/h1-33H. The quantitative estimate of drug-likeness (QED) is 0.182. The van der Waals surface area contributed by atoms with E-state index >= 15 is 0 Å². The summed E-state index contributed by atoms with van der Waals surface area (Å²) in [6.45, 7) is 0. The number of nitrogens with zero attached hydrogens (tertiary/aromatic N) is 3. The molecule has 0 saturated heterocycles. The molecule has 3 nitrogen and oxygen atoms in total. The van der Waals surface area contributed by atoms with Gasteiger partial charge in [0.1, 0.15) is 5.82 Å². The maximum absolute atomic E-state index is 5.47. The molecule has 0 unspecified atom stereocenters. The normalized spacial score (nSPS) is 13.1. The molecule has 0 amide bonds. The first kappa shape index (κ1) is 31.0. The van der Waals surface area contributed by atoms with Crippen LogP contribution in [0.2, 0.25) is 0 Å². The zero-order chi connectivity index (χ0) is 36.8. The highest BCUT2D eigenvalue weighted by atomic mass is 15.1. The first-order chi connectivity index (χ1) is 27.8. The van der Waals surface area contributed by atoms with Crippen molar-refractivity contribution in [2.45, 2.75) is 5.41 Å². The van der Waals surface area contributed by atoms with E-state index in [0.29, 0.717) is 5.82 Å². The summed E-state index contributed by atoms with van der Waals surface area (Å²) in [7, 11) is 0. The number of hydrogen-bond donors (Lipinski definition) is 0. The minimum Gasteiger partial charge on any atom is -0.293 e. The largest absolute Gasteiger partial charge is 0.293 e. The number of aromatic nitrogens is 3. The number of hydrogen-bond acceptors (Lipinski definition) is 2. The fourth-order valence-corrected chi connectivity index (χ4v) is 9.75. The Morgan fingerprint density at radius 1 is 0.375 bits per heavy atom. The van der Waals surface area contributed by atoms with Gasteiger partial charge in [0.2, 0.25) is 0 Å². The van der Waals surface area contributed by atoms with Crippen molar-refractivity contribution in [3.8, 4) is 61.8 Å². The predicted molar refractivity (Wildman–Crippen MR) is 229 cm³/mol. The van der Waals surface area contributed by atoms with Gasteiger partial charge in [0.25, 0.3) is 0 Å². The van der Waals surface area contributed by atoms with Gasteiger partial charge in [-0.15, -0.1) is 0 Å². The molecule has 2 heterocycles. The minimum atomic E-state index is -0.443. The van der Waals surface area contributed by atoms with Gasteiger partial charge in [-0.05, 0) is 56.1 Å². The molecule has 260 valence electrons. The Morgan fingerprint density at radius 3 is 1.61 bits per heavy atom. The van der Waals surface area contributed by atoms with E-state index in [4.69, 9.17) is 9.97 Å². The van der Waals surface area contributed by atoms with Gasteiger partial charge >= 0.3 is 0 Å². The molecule has 0 N–H and O–H groups in total.